The molecule has 0 aliphatic rings. The molecule has 0 heterocycles. The van der Waals surface area contributed by atoms with Gasteiger partial charge in [-0.25, -0.2) is 0 Å². The minimum absolute atomic E-state index is 0.833. The van der Waals surface area contributed by atoms with E-state index in [-0.39, 0.29) is 0 Å². The molecular weight excluding hydrogens is 383 g/mol. The van der Waals surface area contributed by atoms with Crippen LogP contribution >= 0.6 is 7.26 Å². The molecule has 3 aromatic carbocycles. The number of hydrogen-bond donors (Lipinski definition) is 2. The van der Waals surface area contributed by atoms with E-state index in [2.05, 4.69) is 97.9 Å². The summed E-state index contributed by atoms with van der Waals surface area (Å²) < 4.78 is 0. The monoisotopic (exact) mass is 411 g/mol. The molecule has 1 radical (unpaired) electrons. The number of benzene rings is 3. The molecule has 0 bridgehead atoms. The van der Waals surface area contributed by atoms with E-state index in [1.165, 1.54) is 15.9 Å². The minimum atomic E-state index is -1.53. The van der Waals surface area contributed by atoms with Crippen LogP contribution < -0.4 is 15.9 Å². The Morgan fingerprint density at radius 3 is 1.00 bits per heavy atom. The zero-order valence-corrected chi connectivity index (χ0v) is 17.9. The van der Waals surface area contributed by atoms with Crippen molar-refractivity contribution in [2.75, 3.05) is 6.16 Å². The van der Waals surface area contributed by atoms with Gasteiger partial charge in [0.05, 0.1) is 0 Å². The van der Waals surface area contributed by atoms with E-state index in [9.17, 15) is 0 Å². The fourth-order valence-electron chi connectivity index (χ4n) is 3.04. The van der Waals surface area contributed by atoms with Gasteiger partial charge < -0.3 is 10.2 Å². The zero-order chi connectivity index (χ0) is 21.7. The smallest absolute Gasteiger partial charge is 0.300 e. The predicted octanol–water partition coefficient (Wildman–Crippen LogP) is 4.18. The summed E-state index contributed by atoms with van der Waals surface area (Å²) in [5.41, 5.74) is 0. The molecule has 4 nitrogen and oxygen atoms in total. The van der Waals surface area contributed by atoms with Gasteiger partial charge in [0.15, 0.2) is 0 Å². The molecule has 3 rings (SSSR count). The molecule has 29 heavy (non-hydrogen) atoms. The largest absolute Gasteiger partial charge is 0.481 e. The highest BCUT2D eigenvalue weighted by Crippen LogP contribution is 2.54. The Morgan fingerprint density at radius 2 is 0.828 bits per heavy atom. The van der Waals surface area contributed by atoms with E-state index < -0.39 is 19.2 Å². The maximum atomic E-state index is 9.00. The zero-order valence-electron chi connectivity index (χ0n) is 17.0. The molecule has 0 saturated carbocycles. The summed E-state index contributed by atoms with van der Waals surface area (Å²) in [6.07, 6.45) is 1.14. The summed E-state index contributed by atoms with van der Waals surface area (Å²) in [5, 5.41) is 19.2. The van der Waals surface area contributed by atoms with Crippen LogP contribution in [-0.4, -0.2) is 28.3 Å². The Morgan fingerprint density at radius 1 is 0.621 bits per heavy atom. The van der Waals surface area contributed by atoms with Crippen LogP contribution in [0.5, 0.6) is 0 Å². The van der Waals surface area contributed by atoms with Gasteiger partial charge in [-0.05, 0) is 29.3 Å². The Balaban J connectivity index is 0.000000452. The van der Waals surface area contributed by atoms with Gasteiger partial charge in [0, 0.05) is 13.8 Å². The first-order chi connectivity index (χ1) is 13.8. The van der Waals surface area contributed by atoms with Crippen molar-refractivity contribution >= 4 is 35.1 Å². The van der Waals surface area contributed by atoms with Crippen molar-refractivity contribution < 1.29 is 19.8 Å². The number of carboxylic acid groups (broad SMARTS) is 2. The normalized spacial score (nSPS) is 9.90. The fraction of sp³-hybridized carbons (Fsp3) is 0.167. The molecule has 3 aromatic rings. The van der Waals surface area contributed by atoms with E-state index in [1.54, 1.807) is 0 Å². The van der Waals surface area contributed by atoms with E-state index in [1.807, 2.05) is 0 Å². The molecule has 5 heteroatoms. The van der Waals surface area contributed by atoms with E-state index in [0.717, 1.165) is 20.0 Å². The highest BCUT2D eigenvalue weighted by atomic mass is 31.2. The standard InChI is InChI=1S/C20H20P.2C2H4O2/c1-2-21(18-12-6-3-7-13-18,19-14-8-4-9-15-19)20-16-10-5-11-17-20;2*1-2(3)4/h3-17H,2H2,1H3;2*1H3,(H,3,4). The van der Waals surface area contributed by atoms with Gasteiger partial charge >= 0.3 is 0 Å². The molecule has 0 spiro atoms. The lowest BCUT2D eigenvalue weighted by Crippen LogP contribution is -2.32. The fourth-order valence-corrected chi connectivity index (χ4v) is 7.08. The highest BCUT2D eigenvalue weighted by Gasteiger charge is 2.31. The lowest BCUT2D eigenvalue weighted by molar-refractivity contribution is -0.135. The third-order valence-electron chi connectivity index (χ3n) is 4.07. The van der Waals surface area contributed by atoms with Gasteiger partial charge in [0.2, 0.25) is 0 Å². The molecule has 0 aliphatic carbocycles. The lowest BCUT2D eigenvalue weighted by atomic mass is 10.4. The average Bonchev–Trinajstić information content (AvgIpc) is 2.71. The first kappa shape index (κ1) is 24.1. The lowest BCUT2D eigenvalue weighted by Gasteiger charge is -2.37. The highest BCUT2D eigenvalue weighted by molar-refractivity contribution is 7.95. The number of hydrogen-bond acceptors (Lipinski definition) is 2. The second-order valence-electron chi connectivity index (χ2n) is 6.17. The quantitative estimate of drug-likeness (QED) is 0.632. The summed E-state index contributed by atoms with van der Waals surface area (Å²) in [7, 11) is -1.53. The van der Waals surface area contributed by atoms with Crippen LogP contribution in [0.25, 0.3) is 0 Å². The summed E-state index contributed by atoms with van der Waals surface area (Å²) in [6, 6.07) is 33.0. The molecule has 0 fully saturated rings. The van der Waals surface area contributed by atoms with Crippen LogP contribution in [0.4, 0.5) is 0 Å². The van der Waals surface area contributed by atoms with Gasteiger partial charge in [0.25, 0.3) is 11.9 Å². The van der Waals surface area contributed by atoms with Crippen molar-refractivity contribution in [1.82, 2.24) is 0 Å². The van der Waals surface area contributed by atoms with Crippen LogP contribution in [0.15, 0.2) is 91.0 Å². The van der Waals surface area contributed by atoms with Crippen LogP contribution in [0, 0.1) is 0 Å². The third kappa shape index (κ3) is 7.52. The Hall–Kier alpha value is -2.97. The summed E-state index contributed by atoms with van der Waals surface area (Å²) in [4.78, 5) is 18.0. The molecule has 153 valence electrons. The molecule has 0 aromatic heterocycles. The molecule has 0 amide bonds. The van der Waals surface area contributed by atoms with Crippen molar-refractivity contribution in [3.05, 3.63) is 91.0 Å². The summed E-state index contributed by atoms with van der Waals surface area (Å²) >= 11 is 0. The Labute approximate surface area is 173 Å². The van der Waals surface area contributed by atoms with Gasteiger partial charge in [-0.3, -0.25) is 9.59 Å². The van der Waals surface area contributed by atoms with Crippen molar-refractivity contribution in [2.45, 2.75) is 20.8 Å². The van der Waals surface area contributed by atoms with Gasteiger partial charge in [0.1, 0.15) is 0 Å². The van der Waals surface area contributed by atoms with Crippen molar-refractivity contribution in [2.24, 2.45) is 0 Å². The molecule has 0 unspecified atom stereocenters. The number of aliphatic carboxylic acids is 2. The van der Waals surface area contributed by atoms with Crippen LogP contribution in [0.1, 0.15) is 20.8 Å². The molecule has 0 aliphatic heterocycles. The van der Waals surface area contributed by atoms with Crippen molar-refractivity contribution in [3.63, 3.8) is 0 Å². The Kier molecular flexibility index (Phi) is 10.4. The Bertz CT molecular complexity index is 748. The van der Waals surface area contributed by atoms with E-state index >= 15 is 0 Å². The average molecular weight is 411 g/mol. The van der Waals surface area contributed by atoms with Gasteiger partial charge in [-0.2, -0.15) is 0 Å². The second kappa shape index (κ2) is 12.5. The van der Waals surface area contributed by atoms with Crippen molar-refractivity contribution in [1.29, 1.82) is 0 Å². The van der Waals surface area contributed by atoms with E-state index in [0.29, 0.717) is 0 Å². The maximum absolute atomic E-state index is 9.00. The van der Waals surface area contributed by atoms with E-state index in [4.69, 9.17) is 19.8 Å². The topological polar surface area (TPSA) is 74.6 Å². The number of rotatable bonds is 4. The summed E-state index contributed by atoms with van der Waals surface area (Å²) in [6.45, 7) is 4.49. The van der Waals surface area contributed by atoms with Crippen LogP contribution in [0.2, 0.25) is 0 Å². The molecule has 0 atom stereocenters. The van der Waals surface area contributed by atoms with Gasteiger partial charge in [-0.1, -0.05) is 97.9 Å². The molecule has 2 N–H and O–H groups in total. The SMILES string of the molecule is CC(=O)O.CC(=O)O.CC[P](c1ccccc1)(c1ccccc1)c1ccccc1. The minimum Gasteiger partial charge on any atom is -0.481 e. The van der Waals surface area contributed by atoms with Crippen LogP contribution in [-0.2, 0) is 9.59 Å². The summed E-state index contributed by atoms with van der Waals surface area (Å²) in [5.74, 6) is -1.67. The molecule has 0 saturated heterocycles. The third-order valence-corrected chi connectivity index (χ3v) is 8.55. The first-order valence-corrected chi connectivity index (χ1v) is 11.3. The number of carbonyl (C=O) groups is 2. The first-order valence-electron chi connectivity index (χ1n) is 9.28. The van der Waals surface area contributed by atoms with Crippen LogP contribution in [0.3, 0.4) is 0 Å². The maximum Gasteiger partial charge on any atom is 0.300 e. The second-order valence-corrected chi connectivity index (χ2v) is 9.97. The number of carboxylic acids is 2. The molecular formula is C24H28O4P. The predicted molar refractivity (Wildman–Crippen MR) is 122 cm³/mol. The van der Waals surface area contributed by atoms with Gasteiger partial charge in [-0.15, -0.1) is 0 Å². The van der Waals surface area contributed by atoms with Crippen molar-refractivity contribution in [3.8, 4) is 0 Å².